The van der Waals surface area contributed by atoms with E-state index in [-0.39, 0.29) is 23.9 Å². The van der Waals surface area contributed by atoms with Crippen LogP contribution in [0.15, 0.2) is 18.2 Å². The van der Waals surface area contributed by atoms with Gasteiger partial charge >= 0.3 is 5.97 Å². The van der Waals surface area contributed by atoms with Crippen LogP contribution in [-0.2, 0) is 15.0 Å². The molecule has 0 aromatic heterocycles. The van der Waals surface area contributed by atoms with E-state index in [1.807, 2.05) is 6.92 Å². The Balaban J connectivity index is 1.93. The Hall–Kier alpha value is -1.98. The molecule has 2 fully saturated rings. The van der Waals surface area contributed by atoms with Gasteiger partial charge in [-0.15, -0.1) is 0 Å². The first-order valence-corrected chi connectivity index (χ1v) is 8.32. The van der Waals surface area contributed by atoms with Crippen molar-refractivity contribution in [3.8, 4) is 0 Å². The lowest BCUT2D eigenvalue weighted by molar-refractivity contribution is -0.150. The Labute approximate surface area is 139 Å². The standard InChI is InChI=1S/C18H21F2NO3/c1-11-8-12(16(22)23)10-21(9-11)17(24)18(6-3-7-18)15-13(19)4-2-5-14(15)20/h2,4-5,11-12H,3,6-10H2,1H3,(H,22,23). The molecule has 1 saturated heterocycles. The lowest BCUT2D eigenvalue weighted by atomic mass is 9.63. The van der Waals surface area contributed by atoms with Crippen LogP contribution in [0.5, 0.6) is 0 Å². The molecule has 2 aliphatic rings. The number of aliphatic carboxylic acids is 1. The summed E-state index contributed by atoms with van der Waals surface area (Å²) in [4.78, 5) is 25.9. The van der Waals surface area contributed by atoms with Gasteiger partial charge in [-0.1, -0.05) is 19.4 Å². The van der Waals surface area contributed by atoms with Crippen LogP contribution < -0.4 is 0 Å². The predicted octanol–water partition coefficient (Wildman–Crippen LogP) is 2.96. The summed E-state index contributed by atoms with van der Waals surface area (Å²) >= 11 is 0. The fourth-order valence-electron chi connectivity index (χ4n) is 4.06. The first kappa shape index (κ1) is 16.9. The predicted molar refractivity (Wildman–Crippen MR) is 83.4 cm³/mol. The van der Waals surface area contributed by atoms with Crippen molar-refractivity contribution >= 4 is 11.9 Å². The van der Waals surface area contributed by atoms with Gasteiger partial charge in [-0.05, 0) is 37.3 Å². The van der Waals surface area contributed by atoms with Crippen LogP contribution in [0.3, 0.4) is 0 Å². The Kier molecular flexibility index (Phi) is 4.32. The van der Waals surface area contributed by atoms with Crippen LogP contribution in [-0.4, -0.2) is 35.0 Å². The van der Waals surface area contributed by atoms with Crippen LogP contribution in [0.25, 0.3) is 0 Å². The molecule has 0 radical (unpaired) electrons. The minimum Gasteiger partial charge on any atom is -0.481 e. The molecule has 6 heteroatoms. The third-order valence-corrected chi connectivity index (χ3v) is 5.35. The quantitative estimate of drug-likeness (QED) is 0.922. The molecule has 0 spiro atoms. The summed E-state index contributed by atoms with van der Waals surface area (Å²) in [6.07, 6.45) is 2.03. The third kappa shape index (κ3) is 2.68. The van der Waals surface area contributed by atoms with E-state index in [1.165, 1.54) is 23.1 Å². The van der Waals surface area contributed by atoms with E-state index in [9.17, 15) is 23.5 Å². The van der Waals surface area contributed by atoms with Crippen LogP contribution >= 0.6 is 0 Å². The zero-order chi connectivity index (χ0) is 17.5. The second-order valence-corrected chi connectivity index (χ2v) is 7.12. The molecule has 130 valence electrons. The molecule has 4 nitrogen and oxygen atoms in total. The Bertz CT molecular complexity index is 652. The molecule has 1 aliphatic heterocycles. The molecule has 1 aromatic carbocycles. The van der Waals surface area contributed by atoms with Crippen molar-refractivity contribution < 1.29 is 23.5 Å². The molecule has 1 N–H and O–H groups in total. The summed E-state index contributed by atoms with van der Waals surface area (Å²) < 4.78 is 28.5. The van der Waals surface area contributed by atoms with Crippen LogP contribution in [0, 0.1) is 23.5 Å². The summed E-state index contributed by atoms with van der Waals surface area (Å²) in [5.74, 6) is -3.26. The second kappa shape index (κ2) is 6.15. The molecule has 1 aromatic rings. The van der Waals surface area contributed by atoms with E-state index in [0.29, 0.717) is 25.8 Å². The molecular formula is C18H21F2NO3. The van der Waals surface area contributed by atoms with Gasteiger partial charge in [0.2, 0.25) is 5.91 Å². The van der Waals surface area contributed by atoms with Gasteiger partial charge in [0.05, 0.1) is 11.3 Å². The van der Waals surface area contributed by atoms with Gasteiger partial charge in [0.1, 0.15) is 11.6 Å². The molecule has 1 heterocycles. The molecule has 24 heavy (non-hydrogen) atoms. The van der Waals surface area contributed by atoms with E-state index < -0.39 is 28.9 Å². The number of rotatable bonds is 3. The third-order valence-electron chi connectivity index (χ3n) is 5.35. The maximum atomic E-state index is 14.3. The van der Waals surface area contributed by atoms with E-state index in [2.05, 4.69) is 0 Å². The van der Waals surface area contributed by atoms with Crippen LogP contribution in [0.2, 0.25) is 0 Å². The average Bonchev–Trinajstić information content (AvgIpc) is 2.48. The highest BCUT2D eigenvalue weighted by atomic mass is 19.1. The normalized spacial score (nSPS) is 25.9. The number of piperidine rings is 1. The average molecular weight is 337 g/mol. The number of halogens is 2. The maximum absolute atomic E-state index is 14.3. The maximum Gasteiger partial charge on any atom is 0.308 e. The highest BCUT2D eigenvalue weighted by Gasteiger charge is 2.51. The molecule has 1 amide bonds. The summed E-state index contributed by atoms with van der Waals surface area (Å²) in [6.45, 7) is 2.43. The minimum atomic E-state index is -1.18. The largest absolute Gasteiger partial charge is 0.481 e. The number of hydrogen-bond acceptors (Lipinski definition) is 2. The molecule has 1 aliphatic carbocycles. The van der Waals surface area contributed by atoms with Gasteiger partial charge in [0.25, 0.3) is 0 Å². The summed E-state index contributed by atoms with van der Waals surface area (Å²) in [5, 5.41) is 9.28. The van der Waals surface area contributed by atoms with Crippen LogP contribution in [0.4, 0.5) is 8.78 Å². The lowest BCUT2D eigenvalue weighted by Crippen LogP contribution is -2.56. The zero-order valence-corrected chi connectivity index (χ0v) is 13.6. The van der Waals surface area contributed by atoms with Crippen molar-refractivity contribution in [2.45, 2.75) is 38.0 Å². The Morgan fingerprint density at radius 3 is 2.33 bits per heavy atom. The van der Waals surface area contributed by atoms with Crippen molar-refractivity contribution in [1.82, 2.24) is 4.90 Å². The number of benzene rings is 1. The van der Waals surface area contributed by atoms with E-state index in [0.717, 1.165) is 6.42 Å². The van der Waals surface area contributed by atoms with Gasteiger partial charge in [-0.3, -0.25) is 9.59 Å². The van der Waals surface area contributed by atoms with E-state index >= 15 is 0 Å². The van der Waals surface area contributed by atoms with Gasteiger partial charge in [-0.2, -0.15) is 0 Å². The smallest absolute Gasteiger partial charge is 0.308 e. The SMILES string of the molecule is CC1CC(C(=O)O)CN(C(=O)C2(c3c(F)cccc3F)CCC2)C1. The minimum absolute atomic E-state index is 0.0476. The van der Waals surface area contributed by atoms with Crippen LogP contribution in [0.1, 0.15) is 38.2 Å². The number of hydrogen-bond donors (Lipinski definition) is 1. The van der Waals surface area contributed by atoms with Crippen molar-refractivity contribution in [1.29, 1.82) is 0 Å². The first-order valence-electron chi connectivity index (χ1n) is 8.32. The number of amides is 1. The van der Waals surface area contributed by atoms with Crippen molar-refractivity contribution in [2.24, 2.45) is 11.8 Å². The van der Waals surface area contributed by atoms with E-state index in [1.54, 1.807) is 0 Å². The fraction of sp³-hybridized carbons (Fsp3) is 0.556. The summed E-state index contributed by atoms with van der Waals surface area (Å²) in [6, 6.07) is 3.63. The number of carboxylic acid groups (broad SMARTS) is 1. The number of carboxylic acids is 1. The monoisotopic (exact) mass is 337 g/mol. The number of carbonyl (C=O) groups is 2. The van der Waals surface area contributed by atoms with Gasteiger partial charge in [-0.25, -0.2) is 8.78 Å². The Morgan fingerprint density at radius 2 is 1.83 bits per heavy atom. The molecule has 2 atom stereocenters. The van der Waals surface area contributed by atoms with Gasteiger partial charge in [0.15, 0.2) is 0 Å². The fourth-order valence-corrected chi connectivity index (χ4v) is 4.06. The van der Waals surface area contributed by atoms with Gasteiger partial charge < -0.3 is 10.0 Å². The zero-order valence-electron chi connectivity index (χ0n) is 13.6. The molecular weight excluding hydrogens is 316 g/mol. The highest BCUT2D eigenvalue weighted by Crippen LogP contribution is 2.47. The highest BCUT2D eigenvalue weighted by molar-refractivity contribution is 5.90. The van der Waals surface area contributed by atoms with E-state index in [4.69, 9.17) is 0 Å². The summed E-state index contributed by atoms with van der Waals surface area (Å²) in [7, 11) is 0. The number of nitrogens with zero attached hydrogens (tertiary/aromatic N) is 1. The first-order chi connectivity index (χ1) is 11.3. The summed E-state index contributed by atoms with van der Waals surface area (Å²) in [5.41, 5.74) is -1.35. The number of likely N-dealkylation sites (tertiary alicyclic amines) is 1. The van der Waals surface area contributed by atoms with Crippen molar-refractivity contribution in [3.63, 3.8) is 0 Å². The van der Waals surface area contributed by atoms with Gasteiger partial charge in [0, 0.05) is 18.7 Å². The molecule has 2 unspecified atom stereocenters. The van der Waals surface area contributed by atoms with Crippen molar-refractivity contribution in [2.75, 3.05) is 13.1 Å². The molecule has 1 saturated carbocycles. The molecule has 0 bridgehead atoms. The second-order valence-electron chi connectivity index (χ2n) is 7.12. The Morgan fingerprint density at radius 1 is 1.21 bits per heavy atom. The molecule has 3 rings (SSSR count). The number of carbonyl (C=O) groups excluding carboxylic acids is 1. The lowest BCUT2D eigenvalue weighted by Gasteiger charge is -2.46. The van der Waals surface area contributed by atoms with Crippen molar-refractivity contribution in [3.05, 3.63) is 35.4 Å². The topological polar surface area (TPSA) is 57.6 Å².